The number of rotatable bonds is 6. The Kier molecular flexibility index (Phi) is 6.96. The van der Waals surface area contributed by atoms with E-state index >= 15 is 0 Å². The number of fused-ring (bicyclic) bond motifs is 1. The number of methoxy groups -OCH3 is 1. The molecule has 1 saturated heterocycles. The van der Waals surface area contributed by atoms with E-state index < -0.39 is 10.5 Å². The number of aliphatic hydroxyl groups is 1. The number of nitrogens with zero attached hydrogens (tertiary/aromatic N) is 4. The van der Waals surface area contributed by atoms with Gasteiger partial charge in [-0.05, 0) is 54.6 Å². The fraction of sp³-hybridized carbons (Fsp3) is 0.179. The number of nitro groups is 1. The number of hydrogen-bond acceptors (Lipinski definition) is 8. The smallest absolute Gasteiger partial charge is 0.274 e. The first-order valence-electron chi connectivity index (χ1n) is 12.2. The number of aromatic nitrogens is 2. The first-order valence-corrected chi connectivity index (χ1v) is 12.2. The van der Waals surface area contributed by atoms with E-state index in [2.05, 4.69) is 14.9 Å². The maximum Gasteiger partial charge on any atom is 0.274 e. The lowest BCUT2D eigenvalue weighted by atomic mass is 10.1. The Morgan fingerprint density at radius 1 is 1.03 bits per heavy atom. The highest BCUT2D eigenvalue weighted by molar-refractivity contribution is 5.97. The van der Waals surface area contributed by atoms with Crippen LogP contribution in [0.1, 0.15) is 21.6 Å². The van der Waals surface area contributed by atoms with Crippen molar-refractivity contribution in [3.8, 4) is 5.75 Å². The molecule has 2 heterocycles. The Hall–Kier alpha value is -5.19. The van der Waals surface area contributed by atoms with Gasteiger partial charge in [-0.3, -0.25) is 19.7 Å². The third-order valence-electron chi connectivity index (χ3n) is 6.62. The van der Waals surface area contributed by atoms with Crippen molar-refractivity contribution >= 4 is 40.2 Å². The summed E-state index contributed by atoms with van der Waals surface area (Å²) in [7, 11) is 1.55. The van der Waals surface area contributed by atoms with Crippen molar-refractivity contribution in [3.63, 3.8) is 0 Å². The van der Waals surface area contributed by atoms with Crippen LogP contribution in [0.2, 0.25) is 0 Å². The first kappa shape index (κ1) is 25.5. The number of carbonyl (C=O) groups excluding carboxylic acids is 1. The number of benzene rings is 3. The molecule has 11 nitrogen and oxygen atoms in total. The second kappa shape index (κ2) is 10.7. The molecule has 4 aromatic rings. The number of aromatic amines is 1. The largest absolute Gasteiger partial charge is 0.507 e. The quantitative estimate of drug-likeness (QED) is 0.219. The summed E-state index contributed by atoms with van der Waals surface area (Å²) in [4.78, 5) is 47.2. The Balaban J connectivity index is 1.29. The molecule has 0 radical (unpaired) electrons. The van der Waals surface area contributed by atoms with Crippen LogP contribution in [0, 0.1) is 10.1 Å². The molecule has 1 amide bonds. The van der Waals surface area contributed by atoms with Gasteiger partial charge in [0.05, 0.1) is 23.1 Å². The number of non-ortho nitro benzene ring substituents is 1. The Morgan fingerprint density at radius 3 is 2.33 bits per heavy atom. The van der Waals surface area contributed by atoms with Gasteiger partial charge in [0, 0.05) is 61.2 Å². The van der Waals surface area contributed by atoms with Crippen molar-refractivity contribution < 1.29 is 19.6 Å². The van der Waals surface area contributed by atoms with E-state index in [1.807, 2.05) is 0 Å². The van der Waals surface area contributed by atoms with Gasteiger partial charge < -0.3 is 24.6 Å². The molecule has 3 aromatic carbocycles. The maximum absolute atomic E-state index is 13.2. The van der Waals surface area contributed by atoms with E-state index in [-0.39, 0.29) is 23.0 Å². The second-order valence-electron chi connectivity index (χ2n) is 8.99. The monoisotopic (exact) mass is 527 g/mol. The summed E-state index contributed by atoms with van der Waals surface area (Å²) < 4.78 is 5.12. The number of hydrogen-bond donors (Lipinski definition) is 2. The minimum absolute atomic E-state index is 0.0357. The van der Waals surface area contributed by atoms with E-state index in [1.165, 1.54) is 18.2 Å². The highest BCUT2D eigenvalue weighted by atomic mass is 16.6. The minimum Gasteiger partial charge on any atom is -0.507 e. The molecule has 1 aromatic heterocycles. The van der Waals surface area contributed by atoms with Crippen molar-refractivity contribution in [2.75, 3.05) is 38.2 Å². The summed E-state index contributed by atoms with van der Waals surface area (Å²) in [5.74, 6) is 0.363. The van der Waals surface area contributed by atoms with Crippen molar-refractivity contribution in [2.45, 2.75) is 0 Å². The zero-order chi connectivity index (χ0) is 27.5. The molecule has 1 aliphatic heterocycles. The number of aliphatic hydroxyl groups excluding tert-OH is 1. The predicted molar refractivity (Wildman–Crippen MR) is 147 cm³/mol. The lowest BCUT2D eigenvalue weighted by Crippen LogP contribution is -2.48. The lowest BCUT2D eigenvalue weighted by molar-refractivity contribution is -0.384. The molecule has 198 valence electrons. The number of ether oxygens (including phenoxy) is 1. The molecule has 5 rings (SSSR count). The fourth-order valence-corrected chi connectivity index (χ4v) is 4.44. The molecule has 2 N–H and O–H groups in total. The van der Waals surface area contributed by atoms with Crippen molar-refractivity contribution in [3.05, 3.63) is 104 Å². The van der Waals surface area contributed by atoms with Crippen molar-refractivity contribution in [1.82, 2.24) is 14.9 Å². The number of amides is 1. The van der Waals surface area contributed by atoms with Gasteiger partial charge in [0.2, 0.25) is 0 Å². The lowest BCUT2D eigenvalue weighted by Gasteiger charge is -2.36. The normalized spacial score (nSPS) is 13.9. The standard InChI is InChI=1S/C28H25N5O6/c1-39-22-9-2-18(3-10-22)26(34)17-25-27(35)30-24-16-19(4-11-23(24)29-25)28(36)32-14-12-31(13-15-32)20-5-7-21(8-6-20)33(37)38/h2-11,16-17,34H,12-15H2,1H3,(H,30,35)/b26-17-. The minimum atomic E-state index is -0.496. The van der Waals surface area contributed by atoms with Crippen LogP contribution in [0.5, 0.6) is 5.75 Å². The van der Waals surface area contributed by atoms with Crippen molar-refractivity contribution in [1.29, 1.82) is 0 Å². The van der Waals surface area contributed by atoms with Gasteiger partial charge in [-0.2, -0.15) is 0 Å². The number of nitrogens with one attached hydrogen (secondary N) is 1. The van der Waals surface area contributed by atoms with Gasteiger partial charge in [-0.15, -0.1) is 0 Å². The summed E-state index contributed by atoms with van der Waals surface area (Å²) in [6.07, 6.45) is 1.30. The van der Waals surface area contributed by atoms with Crippen LogP contribution < -0.4 is 15.2 Å². The molecule has 0 unspecified atom stereocenters. The van der Waals surface area contributed by atoms with E-state index in [1.54, 1.807) is 66.6 Å². The average molecular weight is 528 g/mol. The van der Waals surface area contributed by atoms with Crippen LogP contribution in [0.15, 0.2) is 71.5 Å². The number of carbonyl (C=O) groups is 1. The third kappa shape index (κ3) is 5.42. The van der Waals surface area contributed by atoms with Gasteiger partial charge in [-0.25, -0.2) is 4.98 Å². The van der Waals surface area contributed by atoms with Crippen LogP contribution >= 0.6 is 0 Å². The topological polar surface area (TPSA) is 142 Å². The third-order valence-corrected chi connectivity index (χ3v) is 6.62. The summed E-state index contributed by atoms with van der Waals surface area (Å²) in [5.41, 5.74) is 2.26. The van der Waals surface area contributed by atoms with Crippen LogP contribution in [-0.2, 0) is 0 Å². The van der Waals surface area contributed by atoms with E-state index in [9.17, 15) is 24.8 Å². The zero-order valence-electron chi connectivity index (χ0n) is 21.0. The number of H-pyrrole nitrogens is 1. The van der Waals surface area contributed by atoms with Crippen LogP contribution in [-0.4, -0.2) is 64.1 Å². The van der Waals surface area contributed by atoms with Gasteiger partial charge in [0.1, 0.15) is 17.2 Å². The Bertz CT molecular complexity index is 1620. The average Bonchev–Trinajstić information content (AvgIpc) is 2.97. The molecular formula is C28H25N5O6. The van der Waals surface area contributed by atoms with Gasteiger partial charge in [0.15, 0.2) is 0 Å². The van der Waals surface area contributed by atoms with E-state index in [0.717, 1.165) is 5.69 Å². The first-order chi connectivity index (χ1) is 18.8. The molecule has 11 heteroatoms. The molecule has 1 aliphatic rings. The van der Waals surface area contributed by atoms with Crippen molar-refractivity contribution in [2.24, 2.45) is 0 Å². The fourth-order valence-electron chi connectivity index (χ4n) is 4.44. The molecule has 0 saturated carbocycles. The van der Waals surface area contributed by atoms with E-state index in [4.69, 9.17) is 4.74 Å². The molecule has 0 atom stereocenters. The summed E-state index contributed by atoms with van der Waals surface area (Å²) >= 11 is 0. The number of anilines is 1. The maximum atomic E-state index is 13.2. The summed E-state index contributed by atoms with van der Waals surface area (Å²) in [6.45, 7) is 2.14. The number of piperazine rings is 1. The second-order valence-corrected chi connectivity index (χ2v) is 8.99. The Labute approximate surface area is 222 Å². The molecule has 0 bridgehead atoms. The van der Waals surface area contributed by atoms with Gasteiger partial charge in [0.25, 0.3) is 17.2 Å². The number of nitro benzene ring substituents is 1. The predicted octanol–water partition coefficient (Wildman–Crippen LogP) is 3.86. The van der Waals surface area contributed by atoms with E-state index in [0.29, 0.717) is 54.1 Å². The highest BCUT2D eigenvalue weighted by Crippen LogP contribution is 2.22. The van der Waals surface area contributed by atoms with Crippen LogP contribution in [0.25, 0.3) is 22.9 Å². The molecular weight excluding hydrogens is 502 g/mol. The van der Waals surface area contributed by atoms with Crippen LogP contribution in [0.4, 0.5) is 11.4 Å². The van der Waals surface area contributed by atoms with Crippen LogP contribution in [0.3, 0.4) is 0 Å². The molecule has 0 aliphatic carbocycles. The highest BCUT2D eigenvalue weighted by Gasteiger charge is 2.23. The van der Waals surface area contributed by atoms with Gasteiger partial charge in [-0.1, -0.05) is 0 Å². The SMILES string of the molecule is COc1ccc(/C(O)=C/c2nc3ccc(C(=O)N4CCN(c5ccc([N+](=O)[O-])cc5)CC4)cc3[nH]c2=O)cc1. The summed E-state index contributed by atoms with van der Waals surface area (Å²) in [6, 6.07) is 18.0. The Morgan fingerprint density at radius 2 is 1.69 bits per heavy atom. The zero-order valence-corrected chi connectivity index (χ0v) is 21.0. The summed E-state index contributed by atoms with van der Waals surface area (Å²) in [5, 5.41) is 21.3. The molecule has 1 fully saturated rings. The van der Waals surface area contributed by atoms with Gasteiger partial charge >= 0.3 is 0 Å². The molecule has 39 heavy (non-hydrogen) atoms. The molecule has 0 spiro atoms.